The Kier molecular flexibility index (Phi) is 10.2. The number of aliphatic hydroxyl groups is 1. The number of hydrogen-bond acceptors (Lipinski definition) is 5. The van der Waals surface area contributed by atoms with E-state index in [0.717, 1.165) is 10.7 Å². The van der Waals surface area contributed by atoms with Gasteiger partial charge in [0.15, 0.2) is 0 Å². The molecule has 144 valence electrons. The largest absolute Gasteiger partial charge is 0.395 e. The Morgan fingerprint density at radius 1 is 1.36 bits per heavy atom. The Morgan fingerprint density at radius 2 is 1.96 bits per heavy atom. The molecule has 0 aliphatic heterocycles. The molecule has 0 aliphatic carbocycles. The van der Waals surface area contributed by atoms with Crippen molar-refractivity contribution in [3.05, 3.63) is 29.8 Å². The summed E-state index contributed by atoms with van der Waals surface area (Å²) in [6, 6.07) is 5.83. The number of carbonyl (C=O) groups excluding carboxylic acids is 1. The third kappa shape index (κ3) is 6.23. The molecular formula is C16H28ClN3O4S. The van der Waals surface area contributed by atoms with Gasteiger partial charge in [0.05, 0.1) is 17.5 Å². The van der Waals surface area contributed by atoms with Crippen molar-refractivity contribution < 1.29 is 18.3 Å². The van der Waals surface area contributed by atoms with Crippen molar-refractivity contribution in [2.45, 2.75) is 37.8 Å². The molecule has 1 aromatic carbocycles. The topological polar surface area (TPSA) is 113 Å². The maximum Gasteiger partial charge on any atom is 0.243 e. The first kappa shape index (κ1) is 23.8. The average molecular weight is 394 g/mol. The Balaban J connectivity index is 0.00000576. The maximum atomic E-state index is 12.6. The van der Waals surface area contributed by atoms with Crippen LogP contribution in [0.3, 0.4) is 0 Å². The summed E-state index contributed by atoms with van der Waals surface area (Å²) in [6.07, 6.45) is 0.783. The minimum absolute atomic E-state index is 0. The molecule has 0 spiro atoms. The van der Waals surface area contributed by atoms with E-state index in [9.17, 15) is 13.2 Å². The van der Waals surface area contributed by atoms with Crippen LogP contribution in [0.25, 0.3) is 0 Å². The maximum absolute atomic E-state index is 12.6. The highest BCUT2D eigenvalue weighted by atomic mass is 35.5. The monoisotopic (exact) mass is 393 g/mol. The lowest BCUT2D eigenvalue weighted by Crippen LogP contribution is -2.44. The number of halogens is 1. The fourth-order valence-corrected chi connectivity index (χ4v) is 3.52. The lowest BCUT2D eigenvalue weighted by Gasteiger charge is -2.20. The van der Waals surface area contributed by atoms with E-state index in [2.05, 4.69) is 5.32 Å². The first-order valence-corrected chi connectivity index (χ1v) is 9.38. The highest BCUT2D eigenvalue weighted by Crippen LogP contribution is 2.19. The Bertz CT molecular complexity index is 655. The van der Waals surface area contributed by atoms with Crippen LogP contribution in [0.5, 0.6) is 0 Å². The average Bonchev–Trinajstić information content (AvgIpc) is 2.58. The van der Waals surface area contributed by atoms with Gasteiger partial charge in [0.2, 0.25) is 15.9 Å². The number of amides is 1. The summed E-state index contributed by atoms with van der Waals surface area (Å²) in [5, 5.41) is 11.7. The van der Waals surface area contributed by atoms with Gasteiger partial charge in [-0.2, -0.15) is 4.31 Å². The molecule has 2 atom stereocenters. The standard InChI is InChI=1S/C16H27N3O4S.ClH/c1-4-12(2)15(17)16(21)18-11-13-7-5-6-8-14(13)24(22,23)19(3)9-10-20;/h5-8,12,15,20H,4,9-11,17H2,1-3H3,(H,18,21);1H. The summed E-state index contributed by atoms with van der Waals surface area (Å²) in [5.74, 6) is -0.264. The second-order valence-electron chi connectivity index (χ2n) is 5.79. The van der Waals surface area contributed by atoms with Gasteiger partial charge >= 0.3 is 0 Å². The summed E-state index contributed by atoms with van der Waals surface area (Å²) >= 11 is 0. The number of rotatable bonds is 9. The summed E-state index contributed by atoms with van der Waals surface area (Å²) in [4.78, 5) is 12.2. The van der Waals surface area contributed by atoms with E-state index in [1.165, 1.54) is 13.1 Å². The second-order valence-corrected chi connectivity index (χ2v) is 7.80. The number of nitrogens with two attached hydrogens (primary N) is 1. The van der Waals surface area contributed by atoms with Gasteiger partial charge in [-0.3, -0.25) is 4.79 Å². The third-order valence-electron chi connectivity index (χ3n) is 4.09. The van der Waals surface area contributed by atoms with Crippen LogP contribution in [0.1, 0.15) is 25.8 Å². The zero-order valence-electron chi connectivity index (χ0n) is 14.8. The van der Waals surface area contributed by atoms with Crippen molar-refractivity contribution in [1.82, 2.24) is 9.62 Å². The molecule has 0 fully saturated rings. The van der Waals surface area contributed by atoms with Crippen LogP contribution in [0.15, 0.2) is 29.2 Å². The number of aliphatic hydroxyl groups excluding tert-OH is 1. The number of carbonyl (C=O) groups is 1. The van der Waals surface area contributed by atoms with Crippen molar-refractivity contribution in [2.75, 3.05) is 20.2 Å². The molecule has 0 bridgehead atoms. The van der Waals surface area contributed by atoms with Crippen molar-refractivity contribution in [3.8, 4) is 0 Å². The molecule has 4 N–H and O–H groups in total. The van der Waals surface area contributed by atoms with Crippen LogP contribution in [-0.4, -0.2) is 50.0 Å². The number of nitrogens with one attached hydrogen (secondary N) is 1. The van der Waals surface area contributed by atoms with E-state index in [-0.39, 0.29) is 48.8 Å². The van der Waals surface area contributed by atoms with Crippen LogP contribution in [0.4, 0.5) is 0 Å². The molecule has 0 aromatic heterocycles. The fourth-order valence-electron chi connectivity index (χ4n) is 2.14. The minimum Gasteiger partial charge on any atom is -0.395 e. The Labute approximate surface area is 156 Å². The SMILES string of the molecule is CCC(C)C(N)C(=O)NCc1ccccc1S(=O)(=O)N(C)CCO.Cl. The molecule has 1 rings (SSSR count). The van der Waals surface area contributed by atoms with Gasteiger partial charge in [-0.15, -0.1) is 12.4 Å². The van der Waals surface area contributed by atoms with Gasteiger partial charge in [0.1, 0.15) is 0 Å². The van der Waals surface area contributed by atoms with Crippen molar-refractivity contribution in [2.24, 2.45) is 11.7 Å². The van der Waals surface area contributed by atoms with Gasteiger partial charge in [-0.1, -0.05) is 38.5 Å². The van der Waals surface area contributed by atoms with Crippen LogP contribution in [0, 0.1) is 5.92 Å². The van der Waals surface area contributed by atoms with Crippen LogP contribution < -0.4 is 11.1 Å². The van der Waals surface area contributed by atoms with Gasteiger partial charge in [0, 0.05) is 20.1 Å². The summed E-state index contributed by atoms with van der Waals surface area (Å²) in [6.45, 7) is 3.66. The number of likely N-dealkylation sites (N-methyl/N-ethyl adjacent to an activating group) is 1. The summed E-state index contributed by atoms with van der Waals surface area (Å²) in [5.41, 5.74) is 6.36. The van der Waals surface area contributed by atoms with Gasteiger partial charge < -0.3 is 16.2 Å². The van der Waals surface area contributed by atoms with Crippen LogP contribution >= 0.6 is 12.4 Å². The zero-order valence-corrected chi connectivity index (χ0v) is 16.4. The van der Waals surface area contributed by atoms with Gasteiger partial charge in [0.25, 0.3) is 0 Å². The molecule has 0 saturated carbocycles. The first-order valence-electron chi connectivity index (χ1n) is 7.94. The van der Waals surface area contributed by atoms with E-state index in [0.29, 0.717) is 5.56 Å². The zero-order chi connectivity index (χ0) is 18.3. The summed E-state index contributed by atoms with van der Waals surface area (Å²) in [7, 11) is -2.33. The van der Waals surface area contributed by atoms with Crippen molar-refractivity contribution >= 4 is 28.3 Å². The first-order chi connectivity index (χ1) is 11.3. The smallest absolute Gasteiger partial charge is 0.243 e. The third-order valence-corrected chi connectivity index (χ3v) is 6.05. The quantitative estimate of drug-likeness (QED) is 0.572. The highest BCUT2D eigenvalue weighted by Gasteiger charge is 2.24. The van der Waals surface area contributed by atoms with Crippen LogP contribution in [0.2, 0.25) is 0 Å². The molecule has 0 saturated heterocycles. The summed E-state index contributed by atoms with van der Waals surface area (Å²) < 4.78 is 26.2. The van der Waals surface area contributed by atoms with E-state index in [1.54, 1.807) is 18.2 Å². The second kappa shape index (κ2) is 10.7. The lowest BCUT2D eigenvalue weighted by atomic mass is 9.99. The van der Waals surface area contributed by atoms with Gasteiger partial charge in [-0.25, -0.2) is 8.42 Å². The molecule has 0 aliphatic rings. The molecular weight excluding hydrogens is 366 g/mol. The normalized spacial score (nSPS) is 13.8. The van der Waals surface area contributed by atoms with Gasteiger partial charge in [-0.05, 0) is 17.5 Å². The van der Waals surface area contributed by atoms with Crippen LogP contribution in [-0.2, 0) is 21.4 Å². The van der Waals surface area contributed by atoms with E-state index >= 15 is 0 Å². The van der Waals surface area contributed by atoms with Crippen molar-refractivity contribution in [3.63, 3.8) is 0 Å². The number of hydrogen-bond donors (Lipinski definition) is 3. The molecule has 9 heteroatoms. The van der Waals surface area contributed by atoms with Crippen molar-refractivity contribution in [1.29, 1.82) is 0 Å². The Hall–Kier alpha value is -1.19. The predicted molar refractivity (Wildman–Crippen MR) is 99.9 cm³/mol. The number of benzene rings is 1. The molecule has 0 radical (unpaired) electrons. The van der Waals surface area contributed by atoms with E-state index in [1.807, 2.05) is 13.8 Å². The molecule has 2 unspecified atom stereocenters. The van der Waals surface area contributed by atoms with E-state index in [4.69, 9.17) is 10.8 Å². The molecule has 7 nitrogen and oxygen atoms in total. The molecule has 25 heavy (non-hydrogen) atoms. The number of nitrogens with zero attached hydrogens (tertiary/aromatic N) is 1. The molecule has 1 aromatic rings. The minimum atomic E-state index is -3.73. The Morgan fingerprint density at radius 3 is 2.52 bits per heavy atom. The lowest BCUT2D eigenvalue weighted by molar-refractivity contribution is -0.123. The highest BCUT2D eigenvalue weighted by molar-refractivity contribution is 7.89. The predicted octanol–water partition coefficient (Wildman–Crippen LogP) is 0.711. The van der Waals surface area contributed by atoms with E-state index < -0.39 is 16.1 Å². The molecule has 1 amide bonds. The molecule has 0 heterocycles. The fraction of sp³-hybridized carbons (Fsp3) is 0.562. The number of sulfonamides is 1.